The van der Waals surface area contributed by atoms with Gasteiger partial charge >= 0.3 is 0 Å². The first kappa shape index (κ1) is 22.4. The third kappa shape index (κ3) is 4.71. The van der Waals surface area contributed by atoms with Gasteiger partial charge in [0.05, 0.1) is 12.5 Å². The van der Waals surface area contributed by atoms with Gasteiger partial charge < -0.3 is 19.2 Å². The quantitative estimate of drug-likeness (QED) is 0.389. The number of carbonyl (C=O) groups excluding carboxylic acids is 1. The Labute approximate surface area is 195 Å². The van der Waals surface area contributed by atoms with Crippen molar-refractivity contribution in [3.8, 4) is 22.8 Å². The first-order chi connectivity index (χ1) is 15.9. The molecule has 33 heavy (non-hydrogen) atoms. The fraction of sp³-hybridized carbons (Fsp3) is 0.154. The zero-order chi connectivity index (χ0) is 23.5. The van der Waals surface area contributed by atoms with E-state index in [2.05, 4.69) is 5.32 Å². The van der Waals surface area contributed by atoms with Crippen LogP contribution in [0.4, 0.5) is 5.69 Å². The van der Waals surface area contributed by atoms with Crippen LogP contribution in [0.2, 0.25) is 5.02 Å². The molecule has 0 aliphatic carbocycles. The minimum absolute atomic E-state index is 0.0664. The molecule has 0 aliphatic rings. The first-order valence-corrected chi connectivity index (χ1v) is 10.7. The number of carbonyl (C=O) groups is 1. The molecular formula is C26H22ClNO5. The maximum atomic E-state index is 13.4. The number of hydrogen-bond donors (Lipinski definition) is 1. The van der Waals surface area contributed by atoms with E-state index >= 15 is 0 Å². The summed E-state index contributed by atoms with van der Waals surface area (Å²) in [5.41, 5.74) is 1.97. The molecule has 4 rings (SSSR count). The Balaban J connectivity index is 1.78. The van der Waals surface area contributed by atoms with Crippen LogP contribution in [-0.4, -0.2) is 19.1 Å². The Morgan fingerprint density at radius 2 is 1.76 bits per heavy atom. The van der Waals surface area contributed by atoms with Crippen LogP contribution in [0.15, 0.2) is 75.9 Å². The van der Waals surface area contributed by atoms with Crippen molar-refractivity contribution < 1.29 is 18.7 Å². The van der Waals surface area contributed by atoms with E-state index < -0.39 is 17.4 Å². The van der Waals surface area contributed by atoms with Gasteiger partial charge in [0, 0.05) is 16.3 Å². The van der Waals surface area contributed by atoms with Gasteiger partial charge in [0.15, 0.2) is 11.9 Å². The van der Waals surface area contributed by atoms with Crippen LogP contribution in [0.5, 0.6) is 11.5 Å². The van der Waals surface area contributed by atoms with Gasteiger partial charge in [-0.2, -0.15) is 0 Å². The zero-order valence-electron chi connectivity index (χ0n) is 18.3. The molecule has 0 saturated carbocycles. The van der Waals surface area contributed by atoms with Gasteiger partial charge in [0.2, 0.25) is 11.2 Å². The Bertz CT molecular complexity index is 1360. The van der Waals surface area contributed by atoms with Crippen molar-refractivity contribution >= 4 is 34.2 Å². The van der Waals surface area contributed by atoms with Crippen LogP contribution in [0.1, 0.15) is 12.5 Å². The number of ether oxygens (including phenoxy) is 2. The highest BCUT2D eigenvalue weighted by Crippen LogP contribution is 2.34. The standard InChI is InChI=1S/C26H22ClNO5/c1-15-13-22-20(14-21(15)27)23(29)25(24(33-22)17-9-11-19(31-3)12-10-17)32-16(2)26(30)28-18-7-5-4-6-8-18/h4-14,16H,1-3H3,(H,28,30). The van der Waals surface area contributed by atoms with Crippen LogP contribution in [-0.2, 0) is 4.79 Å². The lowest BCUT2D eigenvalue weighted by Gasteiger charge is -2.17. The van der Waals surface area contributed by atoms with Gasteiger partial charge in [-0.3, -0.25) is 9.59 Å². The fourth-order valence-corrected chi connectivity index (χ4v) is 3.50. The third-order valence-electron chi connectivity index (χ3n) is 5.19. The number of benzene rings is 3. The summed E-state index contributed by atoms with van der Waals surface area (Å²) < 4.78 is 17.2. The molecule has 0 radical (unpaired) electrons. The molecule has 0 bridgehead atoms. The molecule has 1 atom stereocenters. The zero-order valence-corrected chi connectivity index (χ0v) is 19.1. The maximum Gasteiger partial charge on any atom is 0.265 e. The van der Waals surface area contributed by atoms with Crippen molar-refractivity contribution in [1.82, 2.24) is 0 Å². The summed E-state index contributed by atoms with van der Waals surface area (Å²) in [6.45, 7) is 3.40. The second-order valence-corrected chi connectivity index (χ2v) is 7.94. The van der Waals surface area contributed by atoms with E-state index in [4.69, 9.17) is 25.5 Å². The average molecular weight is 464 g/mol. The SMILES string of the molecule is COc1ccc(-c2oc3cc(C)c(Cl)cc3c(=O)c2OC(C)C(=O)Nc2ccccc2)cc1. The van der Waals surface area contributed by atoms with Gasteiger partial charge in [-0.05, 0) is 67.9 Å². The molecule has 4 aromatic rings. The number of amides is 1. The van der Waals surface area contributed by atoms with E-state index in [1.165, 1.54) is 0 Å². The summed E-state index contributed by atoms with van der Waals surface area (Å²) in [4.78, 5) is 26.1. The number of nitrogens with one attached hydrogen (secondary N) is 1. The smallest absolute Gasteiger partial charge is 0.265 e. The van der Waals surface area contributed by atoms with Crippen LogP contribution in [0, 0.1) is 6.92 Å². The van der Waals surface area contributed by atoms with Crippen LogP contribution >= 0.6 is 11.6 Å². The molecule has 3 aromatic carbocycles. The highest BCUT2D eigenvalue weighted by atomic mass is 35.5. The van der Waals surface area contributed by atoms with E-state index in [0.717, 1.165) is 5.56 Å². The largest absolute Gasteiger partial charge is 0.497 e. The molecule has 168 valence electrons. The second kappa shape index (κ2) is 9.38. The van der Waals surface area contributed by atoms with Crippen LogP contribution in [0.25, 0.3) is 22.3 Å². The van der Waals surface area contributed by atoms with Crippen molar-refractivity contribution in [2.45, 2.75) is 20.0 Å². The summed E-state index contributed by atoms with van der Waals surface area (Å²) in [6.07, 6.45) is -0.969. The monoisotopic (exact) mass is 463 g/mol. The Morgan fingerprint density at radius 3 is 2.42 bits per heavy atom. The van der Waals surface area contributed by atoms with Crippen molar-refractivity contribution in [2.75, 3.05) is 12.4 Å². The van der Waals surface area contributed by atoms with Crippen molar-refractivity contribution in [2.24, 2.45) is 0 Å². The molecule has 1 unspecified atom stereocenters. The summed E-state index contributed by atoms with van der Waals surface area (Å²) in [5.74, 6) is 0.408. The summed E-state index contributed by atoms with van der Waals surface area (Å²) in [5, 5.41) is 3.48. The normalized spacial score (nSPS) is 11.8. The topological polar surface area (TPSA) is 77.8 Å². The number of anilines is 1. The highest BCUT2D eigenvalue weighted by Gasteiger charge is 2.23. The third-order valence-corrected chi connectivity index (χ3v) is 5.59. The molecule has 0 fully saturated rings. The van der Waals surface area contributed by atoms with E-state index in [9.17, 15) is 9.59 Å². The number of rotatable bonds is 6. The van der Waals surface area contributed by atoms with Gasteiger partial charge in [0.1, 0.15) is 11.3 Å². The van der Waals surface area contributed by atoms with E-state index in [-0.39, 0.29) is 16.9 Å². The predicted molar refractivity (Wildman–Crippen MR) is 129 cm³/mol. The molecule has 0 aliphatic heterocycles. The van der Waals surface area contributed by atoms with Gasteiger partial charge in [0.25, 0.3) is 5.91 Å². The van der Waals surface area contributed by atoms with Gasteiger partial charge in [-0.15, -0.1) is 0 Å². The van der Waals surface area contributed by atoms with Crippen LogP contribution < -0.4 is 20.2 Å². The lowest BCUT2D eigenvalue weighted by Crippen LogP contribution is -2.31. The van der Waals surface area contributed by atoms with Crippen LogP contribution in [0.3, 0.4) is 0 Å². The molecule has 1 aromatic heterocycles. The highest BCUT2D eigenvalue weighted by molar-refractivity contribution is 6.32. The second-order valence-electron chi connectivity index (χ2n) is 7.53. The summed E-state index contributed by atoms with van der Waals surface area (Å²) in [7, 11) is 1.57. The first-order valence-electron chi connectivity index (χ1n) is 10.3. The number of fused-ring (bicyclic) bond motifs is 1. The van der Waals surface area contributed by atoms with Crippen molar-refractivity contribution in [1.29, 1.82) is 0 Å². The number of aryl methyl sites for hydroxylation is 1. The predicted octanol–water partition coefficient (Wildman–Crippen LogP) is 5.84. The van der Waals surface area contributed by atoms with E-state index in [0.29, 0.717) is 27.6 Å². The molecule has 1 heterocycles. The van der Waals surface area contributed by atoms with Gasteiger partial charge in [-0.1, -0.05) is 29.8 Å². The van der Waals surface area contributed by atoms with Crippen molar-refractivity contribution in [3.63, 3.8) is 0 Å². The molecule has 1 amide bonds. The lowest BCUT2D eigenvalue weighted by molar-refractivity contribution is -0.122. The van der Waals surface area contributed by atoms with E-state index in [1.54, 1.807) is 62.6 Å². The van der Waals surface area contributed by atoms with Crippen molar-refractivity contribution in [3.05, 3.63) is 87.5 Å². The Kier molecular flexibility index (Phi) is 6.38. The minimum atomic E-state index is -0.969. The molecule has 1 N–H and O–H groups in total. The maximum absolute atomic E-state index is 13.4. The number of para-hydroxylation sites is 1. The Morgan fingerprint density at radius 1 is 1.06 bits per heavy atom. The lowest BCUT2D eigenvalue weighted by atomic mass is 10.1. The molecular weight excluding hydrogens is 442 g/mol. The number of hydrogen-bond acceptors (Lipinski definition) is 5. The Hall–Kier alpha value is -3.77. The molecule has 0 saturated heterocycles. The average Bonchev–Trinajstić information content (AvgIpc) is 2.82. The molecule has 6 nitrogen and oxygen atoms in total. The fourth-order valence-electron chi connectivity index (χ4n) is 3.33. The molecule has 7 heteroatoms. The minimum Gasteiger partial charge on any atom is -0.497 e. The number of methoxy groups -OCH3 is 1. The van der Waals surface area contributed by atoms with Gasteiger partial charge in [-0.25, -0.2) is 0 Å². The summed E-state index contributed by atoms with van der Waals surface area (Å²) >= 11 is 6.25. The molecule has 0 spiro atoms. The number of halogens is 1. The summed E-state index contributed by atoms with van der Waals surface area (Å²) in [6, 6.07) is 19.3. The van der Waals surface area contributed by atoms with E-state index in [1.807, 2.05) is 25.1 Å².